The molecule has 2 amide bonds. The number of benzene rings is 2. The summed E-state index contributed by atoms with van der Waals surface area (Å²) in [6, 6.07) is 16.8. The fraction of sp³-hybridized carbons (Fsp3) is 0.318. The summed E-state index contributed by atoms with van der Waals surface area (Å²) in [4.78, 5) is 24.1. The van der Waals surface area contributed by atoms with Gasteiger partial charge >= 0.3 is 0 Å². The molecule has 0 saturated carbocycles. The van der Waals surface area contributed by atoms with Crippen molar-refractivity contribution in [2.24, 2.45) is 0 Å². The monoisotopic (exact) mass is 397 g/mol. The second-order valence-corrected chi connectivity index (χ2v) is 7.01. The maximum atomic E-state index is 12.2. The topological polar surface area (TPSA) is 70.2 Å². The summed E-state index contributed by atoms with van der Waals surface area (Å²) in [6.07, 6.45) is 4.97. The standard InChI is InChI=1S/C22H27N3O2S/c1-2-3-4-8-14-20(26)25-22(28)24-19-13-9-12-18(16-19)23-21(27)15-17-10-6-5-7-11-17/h5-7,9-13,16H,2-4,8,14-15H2,1H3,(H,23,27)(H2,24,25,26,28). The zero-order valence-corrected chi connectivity index (χ0v) is 17.0. The highest BCUT2D eigenvalue weighted by Crippen LogP contribution is 2.15. The fourth-order valence-corrected chi connectivity index (χ4v) is 2.96. The molecule has 6 heteroatoms. The predicted octanol–water partition coefficient (Wildman–Crippen LogP) is 4.65. The lowest BCUT2D eigenvalue weighted by Gasteiger charge is -2.11. The van der Waals surface area contributed by atoms with Gasteiger partial charge in [-0.05, 0) is 42.4 Å². The highest BCUT2D eigenvalue weighted by molar-refractivity contribution is 7.80. The van der Waals surface area contributed by atoms with E-state index in [-0.39, 0.29) is 16.9 Å². The van der Waals surface area contributed by atoms with Crippen molar-refractivity contribution < 1.29 is 9.59 Å². The molecule has 0 fully saturated rings. The minimum Gasteiger partial charge on any atom is -0.332 e. The Balaban J connectivity index is 1.81. The van der Waals surface area contributed by atoms with E-state index >= 15 is 0 Å². The quantitative estimate of drug-likeness (QED) is 0.425. The number of anilines is 2. The molecule has 0 aliphatic carbocycles. The van der Waals surface area contributed by atoms with Gasteiger partial charge in [0, 0.05) is 17.8 Å². The van der Waals surface area contributed by atoms with Gasteiger partial charge in [0.2, 0.25) is 11.8 Å². The number of hydrogen-bond acceptors (Lipinski definition) is 3. The average Bonchev–Trinajstić information content (AvgIpc) is 2.66. The number of unbranched alkanes of at least 4 members (excludes halogenated alkanes) is 3. The van der Waals surface area contributed by atoms with Crippen molar-refractivity contribution in [1.29, 1.82) is 0 Å². The van der Waals surface area contributed by atoms with Gasteiger partial charge in [0.05, 0.1) is 6.42 Å². The van der Waals surface area contributed by atoms with Crippen LogP contribution in [0.25, 0.3) is 0 Å². The van der Waals surface area contributed by atoms with Crippen LogP contribution in [0.4, 0.5) is 11.4 Å². The summed E-state index contributed by atoms with van der Waals surface area (Å²) in [5.41, 5.74) is 2.32. The fourth-order valence-electron chi connectivity index (χ4n) is 2.72. The molecule has 0 aromatic heterocycles. The highest BCUT2D eigenvalue weighted by atomic mass is 32.1. The Hall–Kier alpha value is -2.73. The van der Waals surface area contributed by atoms with Crippen LogP contribution in [0, 0.1) is 0 Å². The number of carbonyl (C=O) groups is 2. The van der Waals surface area contributed by atoms with E-state index in [0.29, 0.717) is 24.2 Å². The Morgan fingerprint density at radius 1 is 0.857 bits per heavy atom. The van der Waals surface area contributed by atoms with Gasteiger partial charge in [0.15, 0.2) is 5.11 Å². The minimum atomic E-state index is -0.0914. The van der Waals surface area contributed by atoms with E-state index in [2.05, 4.69) is 22.9 Å². The lowest BCUT2D eigenvalue weighted by molar-refractivity contribution is -0.119. The zero-order chi connectivity index (χ0) is 20.2. The van der Waals surface area contributed by atoms with Gasteiger partial charge in [0.1, 0.15) is 0 Å². The molecule has 0 unspecified atom stereocenters. The van der Waals surface area contributed by atoms with Gasteiger partial charge in [-0.2, -0.15) is 0 Å². The molecule has 2 aromatic carbocycles. The number of hydrogen-bond donors (Lipinski definition) is 3. The molecule has 0 aliphatic heterocycles. The first kappa shape index (κ1) is 21.6. The molecule has 0 radical (unpaired) electrons. The van der Waals surface area contributed by atoms with E-state index in [4.69, 9.17) is 12.2 Å². The van der Waals surface area contributed by atoms with Gasteiger partial charge in [-0.15, -0.1) is 0 Å². The molecule has 0 bridgehead atoms. The lowest BCUT2D eigenvalue weighted by atomic mass is 10.1. The average molecular weight is 398 g/mol. The Morgan fingerprint density at radius 3 is 2.29 bits per heavy atom. The Labute approximate surface area is 171 Å². The first-order valence-corrected chi connectivity index (χ1v) is 10.0. The van der Waals surface area contributed by atoms with E-state index in [0.717, 1.165) is 31.2 Å². The van der Waals surface area contributed by atoms with E-state index in [1.165, 1.54) is 0 Å². The van der Waals surface area contributed by atoms with Crippen molar-refractivity contribution in [3.05, 3.63) is 60.2 Å². The van der Waals surface area contributed by atoms with Crippen LogP contribution < -0.4 is 16.0 Å². The molecule has 0 aliphatic rings. The molecule has 0 spiro atoms. The highest BCUT2D eigenvalue weighted by Gasteiger charge is 2.07. The van der Waals surface area contributed by atoms with E-state index < -0.39 is 0 Å². The van der Waals surface area contributed by atoms with Crippen LogP contribution >= 0.6 is 12.2 Å². The normalized spacial score (nSPS) is 10.2. The first-order chi connectivity index (χ1) is 13.6. The van der Waals surface area contributed by atoms with E-state index in [1.54, 1.807) is 6.07 Å². The van der Waals surface area contributed by atoms with Crippen molar-refractivity contribution in [2.45, 2.75) is 45.4 Å². The minimum absolute atomic E-state index is 0.0825. The molecule has 28 heavy (non-hydrogen) atoms. The molecule has 0 heterocycles. The van der Waals surface area contributed by atoms with Crippen LogP contribution in [0.1, 0.15) is 44.6 Å². The first-order valence-electron chi connectivity index (χ1n) is 9.61. The van der Waals surface area contributed by atoms with Crippen LogP contribution in [0.2, 0.25) is 0 Å². The SMILES string of the molecule is CCCCCCC(=O)NC(=S)Nc1cccc(NC(=O)Cc2ccccc2)c1. The third kappa shape index (κ3) is 8.31. The second kappa shape index (κ2) is 11.9. The van der Waals surface area contributed by atoms with Gasteiger partial charge < -0.3 is 16.0 Å². The summed E-state index contributed by atoms with van der Waals surface area (Å²) in [7, 11) is 0. The van der Waals surface area contributed by atoms with Gasteiger partial charge in [-0.1, -0.05) is 62.6 Å². The summed E-state index contributed by atoms with van der Waals surface area (Å²) in [5.74, 6) is -0.174. The number of thiocarbonyl (C=S) groups is 1. The summed E-state index contributed by atoms with van der Waals surface area (Å²) in [6.45, 7) is 2.14. The summed E-state index contributed by atoms with van der Waals surface area (Å²) in [5, 5.41) is 8.81. The van der Waals surface area contributed by atoms with Crippen molar-refractivity contribution in [3.63, 3.8) is 0 Å². The van der Waals surface area contributed by atoms with E-state index in [9.17, 15) is 9.59 Å². The molecule has 2 rings (SSSR count). The van der Waals surface area contributed by atoms with Crippen molar-refractivity contribution in [3.8, 4) is 0 Å². The van der Waals surface area contributed by atoms with Crippen LogP contribution in [-0.4, -0.2) is 16.9 Å². The van der Waals surface area contributed by atoms with Crippen molar-refractivity contribution in [2.75, 3.05) is 10.6 Å². The summed E-state index contributed by atoms with van der Waals surface area (Å²) >= 11 is 5.20. The third-order valence-corrected chi connectivity index (χ3v) is 4.33. The number of amides is 2. The summed E-state index contributed by atoms with van der Waals surface area (Å²) < 4.78 is 0. The molecule has 3 N–H and O–H groups in total. The Morgan fingerprint density at radius 2 is 1.57 bits per heavy atom. The lowest BCUT2D eigenvalue weighted by Crippen LogP contribution is -2.33. The number of carbonyl (C=O) groups excluding carboxylic acids is 2. The molecular weight excluding hydrogens is 370 g/mol. The second-order valence-electron chi connectivity index (χ2n) is 6.60. The van der Waals surface area contributed by atoms with Crippen molar-refractivity contribution in [1.82, 2.24) is 5.32 Å². The third-order valence-electron chi connectivity index (χ3n) is 4.12. The maximum Gasteiger partial charge on any atom is 0.228 e. The van der Waals surface area contributed by atoms with Crippen LogP contribution in [-0.2, 0) is 16.0 Å². The van der Waals surface area contributed by atoms with Crippen molar-refractivity contribution >= 4 is 40.5 Å². The zero-order valence-electron chi connectivity index (χ0n) is 16.2. The molecular formula is C22H27N3O2S. The number of nitrogens with one attached hydrogen (secondary N) is 3. The van der Waals surface area contributed by atoms with Gasteiger partial charge in [-0.3, -0.25) is 9.59 Å². The molecule has 0 saturated heterocycles. The van der Waals surface area contributed by atoms with Gasteiger partial charge in [-0.25, -0.2) is 0 Å². The smallest absolute Gasteiger partial charge is 0.228 e. The molecule has 5 nitrogen and oxygen atoms in total. The van der Waals surface area contributed by atoms with Gasteiger partial charge in [0.25, 0.3) is 0 Å². The van der Waals surface area contributed by atoms with Crippen LogP contribution in [0.15, 0.2) is 54.6 Å². The number of rotatable bonds is 9. The molecule has 0 atom stereocenters. The largest absolute Gasteiger partial charge is 0.332 e. The molecule has 148 valence electrons. The van der Waals surface area contributed by atoms with E-state index in [1.807, 2.05) is 48.5 Å². The van der Waals surface area contributed by atoms with Crippen LogP contribution in [0.5, 0.6) is 0 Å². The predicted molar refractivity (Wildman–Crippen MR) is 118 cm³/mol. The molecule has 2 aromatic rings. The van der Waals surface area contributed by atoms with Crippen LogP contribution in [0.3, 0.4) is 0 Å². The Bertz CT molecular complexity index is 793. The Kier molecular flexibility index (Phi) is 9.15. The maximum absolute atomic E-state index is 12.2.